The third-order valence-corrected chi connectivity index (χ3v) is 3.68. The van der Waals surface area contributed by atoms with E-state index in [-0.39, 0.29) is 0 Å². The second-order valence-corrected chi connectivity index (χ2v) is 5.49. The number of anilines is 3. The number of hydrogen-bond donors (Lipinski definition) is 1. The Balaban J connectivity index is 2.54. The highest BCUT2D eigenvalue weighted by Crippen LogP contribution is 2.37. The maximum Gasteiger partial charge on any atom is 0.0831 e. The molecule has 0 aromatic heterocycles. The highest BCUT2D eigenvalue weighted by Gasteiger charge is 2.13. The van der Waals surface area contributed by atoms with Crippen molar-refractivity contribution in [3.63, 3.8) is 0 Å². The van der Waals surface area contributed by atoms with Gasteiger partial charge in [0.05, 0.1) is 16.4 Å². The number of nitrogens with two attached hydrogens (primary N) is 1. The summed E-state index contributed by atoms with van der Waals surface area (Å²) in [6.07, 6.45) is 0. The first-order valence-electron chi connectivity index (χ1n) is 5.54. The van der Waals surface area contributed by atoms with Crippen LogP contribution >= 0.6 is 27.5 Å². The number of para-hydroxylation sites is 1. The third-order valence-electron chi connectivity index (χ3n) is 2.89. The Hall–Kier alpha value is -1.19. The van der Waals surface area contributed by atoms with Crippen molar-refractivity contribution in [1.29, 1.82) is 0 Å². The Labute approximate surface area is 120 Å². The maximum absolute atomic E-state index is 6.23. The zero-order valence-corrected chi connectivity index (χ0v) is 12.6. The number of aryl methyl sites for hydroxylation is 1. The van der Waals surface area contributed by atoms with Crippen LogP contribution in [0.1, 0.15) is 5.56 Å². The highest BCUT2D eigenvalue weighted by molar-refractivity contribution is 9.10. The van der Waals surface area contributed by atoms with Crippen LogP contribution in [0, 0.1) is 6.92 Å². The molecule has 2 rings (SSSR count). The smallest absolute Gasteiger partial charge is 0.0831 e. The molecular weight excluding hydrogens is 312 g/mol. The van der Waals surface area contributed by atoms with E-state index in [1.54, 1.807) is 0 Å². The van der Waals surface area contributed by atoms with Gasteiger partial charge in [0.2, 0.25) is 0 Å². The summed E-state index contributed by atoms with van der Waals surface area (Å²) in [6.45, 7) is 2.06. The monoisotopic (exact) mass is 324 g/mol. The van der Waals surface area contributed by atoms with Gasteiger partial charge >= 0.3 is 0 Å². The minimum absolute atomic E-state index is 0.650. The minimum Gasteiger partial charge on any atom is -0.397 e. The van der Waals surface area contributed by atoms with E-state index in [2.05, 4.69) is 35.0 Å². The predicted molar refractivity (Wildman–Crippen MR) is 82.8 cm³/mol. The van der Waals surface area contributed by atoms with Gasteiger partial charge in [-0.3, -0.25) is 0 Å². The number of nitrogens with zero attached hydrogens (tertiary/aromatic N) is 1. The van der Waals surface area contributed by atoms with Crippen LogP contribution in [0.3, 0.4) is 0 Å². The third kappa shape index (κ3) is 2.47. The SMILES string of the molecule is Cc1ccc(Br)cc1N(C)c1c(N)cccc1Cl. The summed E-state index contributed by atoms with van der Waals surface area (Å²) in [5.41, 5.74) is 9.75. The average Bonchev–Trinajstić information content (AvgIpc) is 2.32. The summed E-state index contributed by atoms with van der Waals surface area (Å²) in [5.74, 6) is 0. The summed E-state index contributed by atoms with van der Waals surface area (Å²) in [4.78, 5) is 2.01. The van der Waals surface area contributed by atoms with Gasteiger partial charge in [0.25, 0.3) is 0 Å². The van der Waals surface area contributed by atoms with Crippen molar-refractivity contribution in [3.05, 3.63) is 51.5 Å². The van der Waals surface area contributed by atoms with Gasteiger partial charge in [0.15, 0.2) is 0 Å². The standard InChI is InChI=1S/C14H14BrClN2/c1-9-6-7-10(15)8-13(9)18(2)14-11(16)4-3-5-12(14)17/h3-8H,17H2,1-2H3. The lowest BCUT2D eigenvalue weighted by Gasteiger charge is -2.24. The molecule has 0 fully saturated rings. The molecule has 0 saturated heterocycles. The van der Waals surface area contributed by atoms with Crippen molar-refractivity contribution >= 4 is 44.6 Å². The van der Waals surface area contributed by atoms with Crippen molar-refractivity contribution in [2.45, 2.75) is 6.92 Å². The molecule has 2 nitrogen and oxygen atoms in total. The van der Waals surface area contributed by atoms with Gasteiger partial charge in [-0.05, 0) is 36.8 Å². The second kappa shape index (κ2) is 5.21. The molecule has 18 heavy (non-hydrogen) atoms. The van der Waals surface area contributed by atoms with E-state index in [0.29, 0.717) is 10.7 Å². The van der Waals surface area contributed by atoms with Crippen LogP contribution in [-0.4, -0.2) is 7.05 Å². The maximum atomic E-state index is 6.23. The molecule has 2 N–H and O–H groups in total. The Morgan fingerprint density at radius 1 is 1.22 bits per heavy atom. The Bertz CT molecular complexity index is 564. The zero-order chi connectivity index (χ0) is 13.3. The van der Waals surface area contributed by atoms with Crippen molar-refractivity contribution < 1.29 is 0 Å². The van der Waals surface area contributed by atoms with Crippen LogP contribution in [0.25, 0.3) is 0 Å². The molecule has 2 aromatic carbocycles. The number of hydrogen-bond acceptors (Lipinski definition) is 2. The molecule has 0 radical (unpaired) electrons. The van der Waals surface area contributed by atoms with Gasteiger partial charge in [-0.2, -0.15) is 0 Å². The van der Waals surface area contributed by atoms with Gasteiger partial charge in [0.1, 0.15) is 0 Å². The van der Waals surface area contributed by atoms with E-state index >= 15 is 0 Å². The predicted octanol–water partition coefficient (Wildman–Crippen LogP) is 4.76. The molecule has 0 spiro atoms. The van der Waals surface area contributed by atoms with Gasteiger partial charge in [-0.15, -0.1) is 0 Å². The second-order valence-electron chi connectivity index (χ2n) is 4.17. The molecule has 0 aliphatic carbocycles. The van der Waals surface area contributed by atoms with Crippen LogP contribution in [0.4, 0.5) is 17.1 Å². The van der Waals surface area contributed by atoms with Crippen LogP contribution in [-0.2, 0) is 0 Å². The molecule has 0 atom stereocenters. The summed E-state index contributed by atoms with van der Waals surface area (Å²) in [6, 6.07) is 11.7. The highest BCUT2D eigenvalue weighted by atomic mass is 79.9. The summed E-state index contributed by atoms with van der Waals surface area (Å²) in [5, 5.41) is 0.650. The Morgan fingerprint density at radius 2 is 1.94 bits per heavy atom. The van der Waals surface area contributed by atoms with Gasteiger partial charge < -0.3 is 10.6 Å². The first-order chi connectivity index (χ1) is 8.50. The fraction of sp³-hybridized carbons (Fsp3) is 0.143. The molecule has 0 heterocycles. The van der Waals surface area contributed by atoms with E-state index in [9.17, 15) is 0 Å². The van der Waals surface area contributed by atoms with E-state index in [4.69, 9.17) is 17.3 Å². The van der Waals surface area contributed by atoms with Gasteiger partial charge in [-0.1, -0.05) is 39.7 Å². The lowest BCUT2D eigenvalue weighted by molar-refractivity contribution is 1.18. The first-order valence-corrected chi connectivity index (χ1v) is 6.71. The van der Waals surface area contributed by atoms with Crippen LogP contribution < -0.4 is 10.6 Å². The molecule has 0 saturated carbocycles. The van der Waals surface area contributed by atoms with Gasteiger partial charge in [-0.25, -0.2) is 0 Å². The summed E-state index contributed by atoms with van der Waals surface area (Å²) in [7, 11) is 1.96. The van der Waals surface area contributed by atoms with E-state index in [0.717, 1.165) is 15.8 Å². The zero-order valence-electron chi connectivity index (χ0n) is 10.2. The molecule has 0 unspecified atom stereocenters. The normalized spacial score (nSPS) is 10.4. The molecule has 0 amide bonds. The summed E-state index contributed by atoms with van der Waals surface area (Å²) >= 11 is 9.72. The van der Waals surface area contributed by atoms with Crippen molar-refractivity contribution in [1.82, 2.24) is 0 Å². The van der Waals surface area contributed by atoms with Crippen molar-refractivity contribution in [3.8, 4) is 0 Å². The lowest BCUT2D eigenvalue weighted by atomic mass is 10.1. The van der Waals surface area contributed by atoms with Crippen LogP contribution in [0.5, 0.6) is 0 Å². The topological polar surface area (TPSA) is 29.3 Å². The van der Waals surface area contributed by atoms with E-state index < -0.39 is 0 Å². The minimum atomic E-state index is 0.650. The summed E-state index contributed by atoms with van der Waals surface area (Å²) < 4.78 is 1.03. The van der Waals surface area contributed by atoms with Crippen molar-refractivity contribution in [2.24, 2.45) is 0 Å². The number of benzene rings is 2. The molecule has 2 aromatic rings. The molecular formula is C14H14BrClN2. The average molecular weight is 326 g/mol. The first kappa shape index (κ1) is 13.2. The molecule has 0 aliphatic rings. The molecule has 4 heteroatoms. The van der Waals surface area contributed by atoms with Gasteiger partial charge in [0, 0.05) is 17.2 Å². The number of nitrogen functional groups attached to an aromatic ring is 1. The van der Waals surface area contributed by atoms with Crippen LogP contribution in [0.15, 0.2) is 40.9 Å². The largest absolute Gasteiger partial charge is 0.397 e. The number of rotatable bonds is 2. The van der Waals surface area contributed by atoms with E-state index in [1.165, 1.54) is 5.56 Å². The quantitative estimate of drug-likeness (QED) is 0.807. The Kier molecular flexibility index (Phi) is 3.83. The molecule has 0 aliphatic heterocycles. The van der Waals surface area contributed by atoms with E-state index in [1.807, 2.05) is 36.2 Å². The fourth-order valence-corrected chi connectivity index (χ4v) is 2.61. The molecule has 0 bridgehead atoms. The lowest BCUT2D eigenvalue weighted by Crippen LogP contribution is -2.13. The molecule has 94 valence electrons. The Morgan fingerprint density at radius 3 is 2.61 bits per heavy atom. The van der Waals surface area contributed by atoms with Crippen molar-refractivity contribution in [2.75, 3.05) is 17.7 Å². The number of halogens is 2. The van der Waals surface area contributed by atoms with Crippen LogP contribution in [0.2, 0.25) is 5.02 Å². The fourth-order valence-electron chi connectivity index (χ4n) is 1.95.